The topological polar surface area (TPSA) is 78.5 Å². The molecule has 1 saturated heterocycles. The minimum absolute atomic E-state index is 0.0603. The maximum atomic E-state index is 12.9. The van der Waals surface area contributed by atoms with Crippen molar-refractivity contribution in [2.75, 3.05) is 33.2 Å². The third-order valence-corrected chi connectivity index (χ3v) is 6.56. The van der Waals surface area contributed by atoms with E-state index in [1.54, 1.807) is 30.1 Å². The molecule has 1 aromatic carbocycles. The van der Waals surface area contributed by atoms with Gasteiger partial charge in [-0.1, -0.05) is 32.4 Å². The van der Waals surface area contributed by atoms with Crippen molar-refractivity contribution in [2.24, 2.45) is 5.41 Å². The predicted molar refractivity (Wildman–Crippen MR) is 104 cm³/mol. The SMILES string of the molecule is CCCCN(C)C(=O)c1ccccc1S(=O)(=O)NCC1(C)CCNCC1. The lowest BCUT2D eigenvalue weighted by Gasteiger charge is -2.34. The first-order chi connectivity index (χ1) is 12.3. The fourth-order valence-electron chi connectivity index (χ4n) is 3.13. The standard InChI is InChI=1S/C19H31N3O3S/c1-4-5-14-22(3)18(23)16-8-6-7-9-17(16)26(24,25)21-15-19(2)10-12-20-13-11-19/h6-9,20-21H,4-5,10-15H2,1-3H3. The van der Waals surface area contributed by atoms with E-state index in [0.29, 0.717) is 13.1 Å². The second-order valence-corrected chi connectivity index (χ2v) is 9.20. The molecule has 1 aliphatic rings. The summed E-state index contributed by atoms with van der Waals surface area (Å²) >= 11 is 0. The molecular formula is C19H31N3O3S. The molecule has 0 atom stereocenters. The molecule has 1 heterocycles. The molecule has 1 amide bonds. The molecular weight excluding hydrogens is 350 g/mol. The Balaban J connectivity index is 2.17. The van der Waals surface area contributed by atoms with Gasteiger partial charge in [-0.05, 0) is 49.9 Å². The highest BCUT2D eigenvalue weighted by Gasteiger charge is 2.30. The molecule has 0 bridgehead atoms. The van der Waals surface area contributed by atoms with Crippen LogP contribution in [0.4, 0.5) is 0 Å². The molecule has 1 aliphatic heterocycles. The number of piperidine rings is 1. The number of amides is 1. The monoisotopic (exact) mass is 381 g/mol. The molecule has 0 radical (unpaired) electrons. The number of rotatable bonds is 8. The Labute approximate surface area is 157 Å². The average Bonchev–Trinajstić information content (AvgIpc) is 2.64. The summed E-state index contributed by atoms with van der Waals surface area (Å²) in [6.45, 7) is 6.95. The van der Waals surface area contributed by atoms with Crippen molar-refractivity contribution in [2.45, 2.75) is 44.4 Å². The number of hydrogen-bond donors (Lipinski definition) is 2. The van der Waals surface area contributed by atoms with E-state index in [0.717, 1.165) is 38.8 Å². The van der Waals surface area contributed by atoms with Gasteiger partial charge in [0.2, 0.25) is 10.0 Å². The number of nitrogens with zero attached hydrogens (tertiary/aromatic N) is 1. The van der Waals surface area contributed by atoms with Gasteiger partial charge in [0, 0.05) is 20.1 Å². The van der Waals surface area contributed by atoms with Crippen LogP contribution in [0.25, 0.3) is 0 Å². The number of unbranched alkanes of at least 4 members (excludes halogenated alkanes) is 1. The zero-order chi connectivity index (χ0) is 19.2. The minimum atomic E-state index is -3.75. The maximum absolute atomic E-state index is 12.9. The number of nitrogens with one attached hydrogen (secondary N) is 2. The maximum Gasteiger partial charge on any atom is 0.254 e. The van der Waals surface area contributed by atoms with E-state index in [4.69, 9.17) is 0 Å². The summed E-state index contributed by atoms with van der Waals surface area (Å²) in [7, 11) is -2.03. The smallest absolute Gasteiger partial charge is 0.254 e. The first kappa shape index (κ1) is 20.9. The Morgan fingerprint density at radius 2 is 1.92 bits per heavy atom. The summed E-state index contributed by atoms with van der Waals surface area (Å²) < 4.78 is 28.5. The van der Waals surface area contributed by atoms with Crippen LogP contribution in [0.2, 0.25) is 0 Å². The first-order valence-electron chi connectivity index (χ1n) is 9.34. The normalized spacial score (nSPS) is 17.0. The van der Waals surface area contributed by atoms with Gasteiger partial charge in [-0.3, -0.25) is 4.79 Å². The number of carbonyl (C=O) groups is 1. The molecule has 1 aromatic rings. The van der Waals surface area contributed by atoms with Crippen LogP contribution >= 0.6 is 0 Å². The van der Waals surface area contributed by atoms with Gasteiger partial charge in [0.15, 0.2) is 0 Å². The molecule has 0 aliphatic carbocycles. The summed E-state index contributed by atoms with van der Waals surface area (Å²) in [5, 5.41) is 3.29. The van der Waals surface area contributed by atoms with Crippen LogP contribution in [0.5, 0.6) is 0 Å². The molecule has 26 heavy (non-hydrogen) atoms. The lowest BCUT2D eigenvalue weighted by atomic mass is 9.81. The summed E-state index contributed by atoms with van der Waals surface area (Å²) in [6.07, 6.45) is 3.72. The fraction of sp³-hybridized carbons (Fsp3) is 0.632. The first-order valence-corrected chi connectivity index (χ1v) is 10.8. The second-order valence-electron chi connectivity index (χ2n) is 7.46. The minimum Gasteiger partial charge on any atom is -0.342 e. The molecule has 146 valence electrons. The Morgan fingerprint density at radius 3 is 2.58 bits per heavy atom. The Kier molecular flexibility index (Phi) is 7.20. The number of carbonyl (C=O) groups excluding carboxylic acids is 1. The second kappa shape index (κ2) is 8.97. The van der Waals surface area contributed by atoms with E-state index < -0.39 is 10.0 Å². The third-order valence-electron chi connectivity index (χ3n) is 5.10. The lowest BCUT2D eigenvalue weighted by molar-refractivity contribution is 0.0789. The van der Waals surface area contributed by atoms with Gasteiger partial charge in [-0.25, -0.2) is 13.1 Å². The summed E-state index contributed by atoms with van der Waals surface area (Å²) in [5.74, 6) is -0.257. The van der Waals surface area contributed by atoms with Gasteiger partial charge in [0.1, 0.15) is 0 Å². The van der Waals surface area contributed by atoms with Crippen LogP contribution < -0.4 is 10.0 Å². The predicted octanol–water partition coefficient (Wildman–Crippen LogP) is 2.23. The quantitative estimate of drug-likeness (QED) is 0.724. The Hall–Kier alpha value is -1.44. The molecule has 2 N–H and O–H groups in total. The van der Waals surface area contributed by atoms with E-state index in [2.05, 4.69) is 23.9 Å². The van der Waals surface area contributed by atoms with Crippen molar-refractivity contribution in [3.8, 4) is 0 Å². The highest BCUT2D eigenvalue weighted by Crippen LogP contribution is 2.27. The highest BCUT2D eigenvalue weighted by atomic mass is 32.2. The van der Waals surface area contributed by atoms with Gasteiger partial charge in [-0.2, -0.15) is 0 Å². The van der Waals surface area contributed by atoms with Gasteiger partial charge in [-0.15, -0.1) is 0 Å². The van der Waals surface area contributed by atoms with Crippen molar-refractivity contribution in [3.05, 3.63) is 29.8 Å². The van der Waals surface area contributed by atoms with Crippen molar-refractivity contribution in [3.63, 3.8) is 0 Å². The molecule has 0 saturated carbocycles. The lowest BCUT2D eigenvalue weighted by Crippen LogP contribution is -2.43. The van der Waals surface area contributed by atoms with E-state index in [1.165, 1.54) is 6.07 Å². The van der Waals surface area contributed by atoms with E-state index in [1.807, 2.05) is 0 Å². The molecule has 2 rings (SSSR count). The van der Waals surface area contributed by atoms with Crippen LogP contribution in [-0.4, -0.2) is 52.5 Å². The number of sulfonamides is 1. The third kappa shape index (κ3) is 5.28. The Bertz CT molecular complexity index is 712. The molecule has 6 nitrogen and oxygen atoms in total. The zero-order valence-corrected chi connectivity index (χ0v) is 16.9. The highest BCUT2D eigenvalue weighted by molar-refractivity contribution is 7.89. The van der Waals surface area contributed by atoms with Crippen LogP contribution in [0.1, 0.15) is 49.9 Å². The van der Waals surface area contributed by atoms with E-state index >= 15 is 0 Å². The molecule has 0 unspecified atom stereocenters. The van der Waals surface area contributed by atoms with Gasteiger partial charge < -0.3 is 10.2 Å². The number of benzene rings is 1. The van der Waals surface area contributed by atoms with Crippen molar-refractivity contribution >= 4 is 15.9 Å². The molecule has 1 fully saturated rings. The number of hydrogen-bond acceptors (Lipinski definition) is 4. The Morgan fingerprint density at radius 1 is 1.27 bits per heavy atom. The summed E-state index contributed by atoms with van der Waals surface area (Å²) in [4.78, 5) is 14.4. The van der Waals surface area contributed by atoms with Gasteiger partial charge >= 0.3 is 0 Å². The van der Waals surface area contributed by atoms with Gasteiger partial charge in [0.25, 0.3) is 5.91 Å². The fourth-order valence-corrected chi connectivity index (χ4v) is 4.53. The van der Waals surface area contributed by atoms with Crippen LogP contribution in [0, 0.1) is 5.41 Å². The van der Waals surface area contributed by atoms with Crippen LogP contribution in [-0.2, 0) is 10.0 Å². The van der Waals surface area contributed by atoms with E-state index in [9.17, 15) is 13.2 Å². The molecule has 0 aromatic heterocycles. The van der Waals surface area contributed by atoms with Crippen molar-refractivity contribution < 1.29 is 13.2 Å². The van der Waals surface area contributed by atoms with Gasteiger partial charge in [0.05, 0.1) is 10.5 Å². The van der Waals surface area contributed by atoms with E-state index in [-0.39, 0.29) is 21.8 Å². The van der Waals surface area contributed by atoms with Crippen molar-refractivity contribution in [1.82, 2.24) is 14.9 Å². The van der Waals surface area contributed by atoms with Crippen molar-refractivity contribution in [1.29, 1.82) is 0 Å². The largest absolute Gasteiger partial charge is 0.342 e. The van der Waals surface area contributed by atoms with Crippen LogP contribution in [0.15, 0.2) is 29.2 Å². The molecule has 0 spiro atoms. The summed E-state index contributed by atoms with van der Waals surface area (Å²) in [6, 6.07) is 6.46. The molecule has 7 heteroatoms. The van der Waals surface area contributed by atoms with Crippen LogP contribution in [0.3, 0.4) is 0 Å². The summed E-state index contributed by atoms with van der Waals surface area (Å²) in [5.41, 5.74) is 0.170. The zero-order valence-electron chi connectivity index (χ0n) is 16.0. The average molecular weight is 382 g/mol.